The Labute approximate surface area is 188 Å². The number of aryl methyl sites for hydroxylation is 1. The number of carbonyl (C=O) groups is 1. The number of rotatable bonds is 9. The lowest BCUT2D eigenvalue weighted by Crippen LogP contribution is -2.22. The minimum absolute atomic E-state index is 0.00989. The van der Waals surface area contributed by atoms with Gasteiger partial charge in [0.05, 0.1) is 18.5 Å². The summed E-state index contributed by atoms with van der Waals surface area (Å²) in [6.07, 6.45) is 3.39. The lowest BCUT2D eigenvalue weighted by molar-refractivity contribution is 0.0521. The number of amides is 1. The summed E-state index contributed by atoms with van der Waals surface area (Å²) in [4.78, 5) is 27.7. The minimum Gasteiger partial charge on any atom is -0.475 e. The van der Waals surface area contributed by atoms with Gasteiger partial charge in [0.1, 0.15) is 24.2 Å². The van der Waals surface area contributed by atoms with Gasteiger partial charge in [0.15, 0.2) is 0 Å². The van der Waals surface area contributed by atoms with Crippen LogP contribution in [0.1, 0.15) is 27.6 Å². The van der Waals surface area contributed by atoms with E-state index in [0.717, 1.165) is 0 Å². The molecule has 0 saturated carbocycles. The Balaban J connectivity index is 1.65. The number of carbonyl (C=O) groups excluding carboxylic acids is 1. The van der Waals surface area contributed by atoms with Crippen molar-refractivity contribution in [2.75, 3.05) is 18.5 Å². The minimum atomic E-state index is -1.04. The molecule has 2 heterocycles. The van der Waals surface area contributed by atoms with Crippen LogP contribution in [0.2, 0.25) is 5.02 Å². The average molecular weight is 457 g/mol. The first-order chi connectivity index (χ1) is 15.4. The molecule has 11 heteroatoms. The molecular formula is C21H21ClN6O4. The summed E-state index contributed by atoms with van der Waals surface area (Å²) in [6.45, 7) is 1.10. The van der Waals surface area contributed by atoms with Gasteiger partial charge in [0.2, 0.25) is 11.8 Å². The molecule has 0 aliphatic heterocycles. The van der Waals surface area contributed by atoms with E-state index in [-0.39, 0.29) is 29.8 Å². The summed E-state index contributed by atoms with van der Waals surface area (Å²) < 4.78 is 5.30. The Morgan fingerprint density at radius 1 is 1.38 bits per heavy atom. The number of nitrogens with zero attached hydrogens (tertiary/aromatic N) is 3. The van der Waals surface area contributed by atoms with Crippen LogP contribution in [0.5, 0.6) is 5.88 Å². The maximum atomic E-state index is 12.5. The van der Waals surface area contributed by atoms with Gasteiger partial charge in [-0.3, -0.25) is 10.1 Å². The Morgan fingerprint density at radius 3 is 2.91 bits per heavy atom. The molecule has 1 aromatic carbocycles. The molecule has 1 amide bonds. The molecule has 0 fully saturated rings. The van der Waals surface area contributed by atoms with Crippen LogP contribution in [-0.4, -0.2) is 61.1 Å². The normalized spacial score (nSPS) is 12.0. The van der Waals surface area contributed by atoms with Gasteiger partial charge in [-0.25, -0.2) is 9.97 Å². The highest BCUT2D eigenvalue weighted by molar-refractivity contribution is 6.34. The predicted octanol–water partition coefficient (Wildman–Crippen LogP) is 2.23. The summed E-state index contributed by atoms with van der Waals surface area (Å²) in [5.41, 5.74) is 1.48. The fraction of sp³-hybridized carbons (Fsp3) is 0.190. The van der Waals surface area contributed by atoms with Crippen LogP contribution in [0.25, 0.3) is 6.08 Å². The van der Waals surface area contributed by atoms with Crippen LogP contribution in [0, 0.1) is 12.3 Å². The molecule has 2 aromatic heterocycles. The number of aromatic amines is 1. The van der Waals surface area contributed by atoms with Crippen LogP contribution in [0.3, 0.4) is 0 Å². The fourth-order valence-corrected chi connectivity index (χ4v) is 2.78. The van der Waals surface area contributed by atoms with E-state index in [4.69, 9.17) is 26.9 Å². The number of aliphatic hydroxyl groups excluding tert-OH is 2. The number of imidazole rings is 1. The monoisotopic (exact) mass is 456 g/mol. The van der Waals surface area contributed by atoms with Gasteiger partial charge >= 0.3 is 0 Å². The summed E-state index contributed by atoms with van der Waals surface area (Å²) in [6, 6.07) is 8.55. The first-order valence-corrected chi connectivity index (χ1v) is 9.89. The van der Waals surface area contributed by atoms with Crippen molar-refractivity contribution in [2.45, 2.75) is 13.0 Å². The number of halogens is 1. The molecule has 0 saturated heterocycles. The Bertz CT molecular complexity index is 1150. The first kappa shape index (κ1) is 23.1. The van der Waals surface area contributed by atoms with Crippen molar-refractivity contribution in [3.05, 3.63) is 70.4 Å². The summed E-state index contributed by atoms with van der Waals surface area (Å²) in [7, 11) is 0. The highest BCUT2D eigenvalue weighted by Gasteiger charge is 2.13. The lowest BCUT2D eigenvalue weighted by atomic mass is 10.1. The van der Waals surface area contributed by atoms with E-state index in [1.807, 2.05) is 0 Å². The predicted molar refractivity (Wildman–Crippen MR) is 119 cm³/mol. The van der Waals surface area contributed by atoms with E-state index < -0.39 is 18.6 Å². The smallest absolute Gasteiger partial charge is 0.276 e. The third-order valence-corrected chi connectivity index (χ3v) is 4.43. The second-order valence-corrected chi connectivity index (χ2v) is 7.09. The zero-order chi connectivity index (χ0) is 23.1. The zero-order valence-electron chi connectivity index (χ0n) is 17.0. The van der Waals surface area contributed by atoms with Crippen LogP contribution < -0.4 is 10.1 Å². The number of hydrogen-bond acceptors (Lipinski definition) is 8. The second-order valence-electron chi connectivity index (χ2n) is 6.68. The SMILES string of the molecule is Cc1cc(OCC(O)CO)nc(NC(=O)c2cnc(/C=C\C(=N)c3ccccc3Cl)[nH]2)n1. The Hall–Kier alpha value is -3.60. The molecule has 166 valence electrons. The number of H-pyrrole nitrogens is 1. The van der Waals surface area contributed by atoms with E-state index in [1.54, 1.807) is 37.3 Å². The molecule has 0 spiro atoms. The molecule has 3 aromatic rings. The number of allylic oxidation sites excluding steroid dienone is 1. The number of ether oxygens (including phenoxy) is 1. The standard InChI is InChI=1S/C21H21ClN6O4/c1-12-8-19(32-11-13(30)10-29)27-21(25-12)28-20(31)17-9-24-18(26-17)7-6-16(23)14-4-2-3-5-15(14)22/h2-9,13,23,29-30H,10-11H2,1H3,(H,24,26)(H,25,27,28,31)/b7-6-,23-16?. The van der Waals surface area contributed by atoms with Gasteiger partial charge in [-0.05, 0) is 25.1 Å². The van der Waals surface area contributed by atoms with Crippen molar-refractivity contribution in [2.24, 2.45) is 0 Å². The summed E-state index contributed by atoms with van der Waals surface area (Å²) in [5, 5.41) is 29.4. The molecule has 5 N–H and O–H groups in total. The maximum Gasteiger partial charge on any atom is 0.276 e. The number of benzene rings is 1. The zero-order valence-corrected chi connectivity index (χ0v) is 17.8. The molecule has 32 heavy (non-hydrogen) atoms. The number of hydrogen-bond donors (Lipinski definition) is 5. The quantitative estimate of drug-likeness (QED) is 0.309. The Kier molecular flexibility index (Phi) is 7.66. The van der Waals surface area contributed by atoms with E-state index >= 15 is 0 Å². The van der Waals surface area contributed by atoms with Crippen LogP contribution in [-0.2, 0) is 0 Å². The van der Waals surface area contributed by atoms with Crippen molar-refractivity contribution < 1.29 is 19.7 Å². The van der Waals surface area contributed by atoms with Gasteiger partial charge in [-0.1, -0.05) is 29.8 Å². The molecule has 1 unspecified atom stereocenters. The molecule has 0 bridgehead atoms. The van der Waals surface area contributed by atoms with E-state index in [0.29, 0.717) is 22.1 Å². The maximum absolute atomic E-state index is 12.5. The number of aliphatic hydroxyl groups is 2. The van der Waals surface area contributed by atoms with Gasteiger partial charge in [0.25, 0.3) is 5.91 Å². The van der Waals surface area contributed by atoms with E-state index in [9.17, 15) is 9.90 Å². The number of anilines is 1. The van der Waals surface area contributed by atoms with Crippen LogP contribution in [0.15, 0.2) is 42.6 Å². The molecule has 0 aliphatic rings. The number of aromatic nitrogens is 4. The number of nitrogens with one attached hydrogen (secondary N) is 3. The van der Waals surface area contributed by atoms with Gasteiger partial charge < -0.3 is 25.3 Å². The molecule has 1 atom stereocenters. The molecule has 10 nitrogen and oxygen atoms in total. The molecule has 3 rings (SSSR count). The molecular weight excluding hydrogens is 436 g/mol. The Morgan fingerprint density at radius 2 is 2.16 bits per heavy atom. The lowest BCUT2D eigenvalue weighted by Gasteiger charge is -2.10. The second kappa shape index (κ2) is 10.6. The van der Waals surface area contributed by atoms with Gasteiger partial charge in [-0.15, -0.1) is 0 Å². The van der Waals surface area contributed by atoms with Gasteiger partial charge in [-0.2, -0.15) is 4.98 Å². The highest BCUT2D eigenvalue weighted by atomic mass is 35.5. The van der Waals surface area contributed by atoms with Gasteiger partial charge in [0, 0.05) is 22.3 Å². The topological polar surface area (TPSA) is 157 Å². The van der Waals surface area contributed by atoms with Crippen LogP contribution in [0.4, 0.5) is 5.95 Å². The van der Waals surface area contributed by atoms with E-state index in [1.165, 1.54) is 18.3 Å². The molecule has 0 radical (unpaired) electrons. The van der Waals surface area contributed by atoms with Crippen molar-refractivity contribution >= 4 is 35.2 Å². The van der Waals surface area contributed by atoms with Crippen molar-refractivity contribution in [3.8, 4) is 5.88 Å². The third kappa shape index (κ3) is 6.20. The van der Waals surface area contributed by atoms with Crippen molar-refractivity contribution in [1.29, 1.82) is 5.41 Å². The molecule has 0 aliphatic carbocycles. The largest absolute Gasteiger partial charge is 0.475 e. The summed E-state index contributed by atoms with van der Waals surface area (Å²) >= 11 is 6.09. The summed E-state index contributed by atoms with van der Waals surface area (Å²) in [5.74, 6) is 0.00620. The van der Waals surface area contributed by atoms with Crippen LogP contribution >= 0.6 is 11.6 Å². The third-order valence-electron chi connectivity index (χ3n) is 4.10. The fourth-order valence-electron chi connectivity index (χ4n) is 2.54. The highest BCUT2D eigenvalue weighted by Crippen LogP contribution is 2.16. The average Bonchev–Trinajstić information content (AvgIpc) is 3.25. The van der Waals surface area contributed by atoms with E-state index in [2.05, 4.69) is 25.3 Å². The van der Waals surface area contributed by atoms with Crippen molar-refractivity contribution in [1.82, 2.24) is 19.9 Å². The first-order valence-electron chi connectivity index (χ1n) is 9.51. The van der Waals surface area contributed by atoms with Crippen molar-refractivity contribution in [3.63, 3.8) is 0 Å².